The summed E-state index contributed by atoms with van der Waals surface area (Å²) in [5.74, 6) is 0.228. The molecule has 3 rings (SSSR count). The smallest absolute Gasteiger partial charge is 0.226 e. The molecule has 0 saturated carbocycles. The van der Waals surface area contributed by atoms with E-state index in [1.54, 1.807) is 0 Å². The highest BCUT2D eigenvalue weighted by Crippen LogP contribution is 2.30. The van der Waals surface area contributed by atoms with Crippen LogP contribution in [0.4, 0.5) is 5.69 Å². The zero-order valence-electron chi connectivity index (χ0n) is 14.5. The van der Waals surface area contributed by atoms with Gasteiger partial charge in [0.05, 0.1) is 0 Å². The van der Waals surface area contributed by atoms with Crippen LogP contribution in [0.5, 0.6) is 0 Å². The monoisotopic (exact) mass is 342 g/mol. The molecule has 1 unspecified atom stereocenters. The van der Waals surface area contributed by atoms with Crippen LogP contribution in [0.25, 0.3) is 0 Å². The molecule has 0 radical (unpaired) electrons. The lowest BCUT2D eigenvalue weighted by atomic mass is 10.00. The number of carbonyl (C=O) groups excluding carboxylic acids is 1. The predicted molar refractivity (Wildman–Crippen MR) is 102 cm³/mol. The number of thiophene rings is 1. The normalized spacial score (nSPS) is 17.6. The lowest BCUT2D eigenvalue weighted by Crippen LogP contribution is -2.48. The Balaban J connectivity index is 1.68. The van der Waals surface area contributed by atoms with Crippen LogP contribution in [0.15, 0.2) is 47.8 Å². The molecule has 0 N–H and O–H groups in total. The number of hydrogen-bond acceptors (Lipinski definition) is 3. The molecule has 1 aliphatic heterocycles. The van der Waals surface area contributed by atoms with Crippen LogP contribution in [-0.2, 0) is 4.79 Å². The molecule has 3 nitrogen and oxygen atoms in total. The van der Waals surface area contributed by atoms with Gasteiger partial charge >= 0.3 is 0 Å². The molecule has 1 atom stereocenters. The Morgan fingerprint density at radius 3 is 2.50 bits per heavy atom. The zero-order chi connectivity index (χ0) is 16.9. The first-order chi connectivity index (χ1) is 11.7. The fraction of sp³-hybridized carbons (Fsp3) is 0.450. The topological polar surface area (TPSA) is 23.6 Å². The number of likely N-dealkylation sites (tertiary alicyclic amines) is 1. The Kier molecular flexibility index (Phi) is 5.69. The van der Waals surface area contributed by atoms with Gasteiger partial charge in [0.15, 0.2) is 0 Å². The summed E-state index contributed by atoms with van der Waals surface area (Å²) in [7, 11) is 0. The van der Waals surface area contributed by atoms with Crippen molar-refractivity contribution in [2.45, 2.75) is 45.2 Å². The quantitative estimate of drug-likeness (QED) is 0.785. The lowest BCUT2D eigenvalue weighted by Gasteiger charge is -2.40. The number of amides is 1. The molecular formula is C20H26N2OS. The first-order valence-corrected chi connectivity index (χ1v) is 9.73. The minimum Gasteiger partial charge on any atom is -0.309 e. The van der Waals surface area contributed by atoms with E-state index >= 15 is 0 Å². The summed E-state index contributed by atoms with van der Waals surface area (Å²) >= 11 is 1.83. The van der Waals surface area contributed by atoms with Gasteiger partial charge in [-0.05, 0) is 43.3 Å². The fourth-order valence-electron chi connectivity index (χ4n) is 3.56. The van der Waals surface area contributed by atoms with Crippen molar-refractivity contribution >= 4 is 22.9 Å². The maximum Gasteiger partial charge on any atom is 0.226 e. The summed E-state index contributed by atoms with van der Waals surface area (Å²) in [5, 5.41) is 2.15. The summed E-state index contributed by atoms with van der Waals surface area (Å²) in [6.45, 7) is 6.33. The highest BCUT2D eigenvalue weighted by molar-refractivity contribution is 7.10. The summed E-state index contributed by atoms with van der Waals surface area (Å²) in [6, 6.07) is 15.3. The number of piperidine rings is 1. The van der Waals surface area contributed by atoms with E-state index in [-0.39, 0.29) is 5.91 Å². The van der Waals surface area contributed by atoms with Crippen molar-refractivity contribution in [2.24, 2.45) is 0 Å². The maximum absolute atomic E-state index is 12.5. The predicted octanol–water partition coefficient (Wildman–Crippen LogP) is 4.72. The second-order valence-corrected chi connectivity index (χ2v) is 7.39. The number of nitrogens with zero attached hydrogens (tertiary/aromatic N) is 2. The van der Waals surface area contributed by atoms with Crippen LogP contribution < -0.4 is 4.90 Å². The average molecular weight is 343 g/mol. The van der Waals surface area contributed by atoms with E-state index in [0.29, 0.717) is 18.5 Å². The van der Waals surface area contributed by atoms with Gasteiger partial charge in [-0.25, -0.2) is 0 Å². The van der Waals surface area contributed by atoms with E-state index in [2.05, 4.69) is 29.3 Å². The van der Waals surface area contributed by atoms with Gasteiger partial charge in [0.1, 0.15) is 0 Å². The summed E-state index contributed by atoms with van der Waals surface area (Å²) in [6.07, 6.45) is 2.63. The van der Waals surface area contributed by atoms with Crippen molar-refractivity contribution in [3.63, 3.8) is 0 Å². The largest absolute Gasteiger partial charge is 0.309 e. The van der Waals surface area contributed by atoms with E-state index in [1.807, 2.05) is 53.5 Å². The third-order valence-corrected chi connectivity index (χ3v) is 6.01. The van der Waals surface area contributed by atoms with Gasteiger partial charge in [0, 0.05) is 42.2 Å². The number of carbonyl (C=O) groups is 1. The molecule has 128 valence electrons. The van der Waals surface area contributed by atoms with Crippen molar-refractivity contribution in [3.05, 3.63) is 52.7 Å². The molecule has 1 aromatic heterocycles. The molecule has 1 aliphatic rings. The summed E-state index contributed by atoms with van der Waals surface area (Å²) in [5.41, 5.74) is 1.04. The van der Waals surface area contributed by atoms with Crippen LogP contribution in [0.2, 0.25) is 0 Å². The van der Waals surface area contributed by atoms with E-state index in [1.165, 1.54) is 4.88 Å². The summed E-state index contributed by atoms with van der Waals surface area (Å²) < 4.78 is 0. The molecule has 2 aromatic rings. The van der Waals surface area contributed by atoms with Gasteiger partial charge in [-0.2, -0.15) is 0 Å². The number of hydrogen-bond donors (Lipinski definition) is 0. The van der Waals surface area contributed by atoms with Gasteiger partial charge in [-0.3, -0.25) is 9.69 Å². The first kappa shape index (κ1) is 17.2. The Bertz CT molecular complexity index is 633. The molecule has 24 heavy (non-hydrogen) atoms. The fourth-order valence-corrected chi connectivity index (χ4v) is 4.38. The minimum absolute atomic E-state index is 0.228. The molecule has 2 heterocycles. The van der Waals surface area contributed by atoms with Gasteiger partial charge < -0.3 is 4.90 Å². The van der Waals surface area contributed by atoms with E-state index in [9.17, 15) is 4.79 Å². The number of rotatable bonds is 5. The standard InChI is InChI=1S/C20H26N2OS/c1-3-20(23)22(17-8-5-4-6-9-17)18-11-13-21(14-12-18)16(2)19-10-7-15-24-19/h4-10,15-16,18H,3,11-14H2,1-2H3. The second kappa shape index (κ2) is 7.95. The summed E-state index contributed by atoms with van der Waals surface area (Å²) in [4.78, 5) is 18.5. The number of anilines is 1. The van der Waals surface area contributed by atoms with Crippen LogP contribution in [0.1, 0.15) is 44.0 Å². The third kappa shape index (κ3) is 3.70. The molecule has 1 saturated heterocycles. The molecule has 0 bridgehead atoms. The van der Waals surface area contributed by atoms with Gasteiger partial charge in [0.2, 0.25) is 5.91 Å². The van der Waals surface area contributed by atoms with Gasteiger partial charge in [0.25, 0.3) is 0 Å². The molecule has 4 heteroatoms. The minimum atomic E-state index is 0.228. The van der Waals surface area contributed by atoms with Crippen molar-refractivity contribution in [1.82, 2.24) is 4.90 Å². The van der Waals surface area contributed by atoms with Crippen molar-refractivity contribution < 1.29 is 4.79 Å². The number of para-hydroxylation sites is 1. The number of benzene rings is 1. The van der Waals surface area contributed by atoms with Crippen LogP contribution in [0.3, 0.4) is 0 Å². The Morgan fingerprint density at radius 2 is 1.92 bits per heavy atom. The van der Waals surface area contributed by atoms with E-state index in [0.717, 1.165) is 31.6 Å². The second-order valence-electron chi connectivity index (χ2n) is 6.41. The first-order valence-electron chi connectivity index (χ1n) is 8.85. The zero-order valence-corrected chi connectivity index (χ0v) is 15.3. The molecular weight excluding hydrogens is 316 g/mol. The highest BCUT2D eigenvalue weighted by Gasteiger charge is 2.30. The molecule has 1 aromatic carbocycles. The van der Waals surface area contributed by atoms with Crippen molar-refractivity contribution in [2.75, 3.05) is 18.0 Å². The van der Waals surface area contributed by atoms with Crippen molar-refractivity contribution in [1.29, 1.82) is 0 Å². The van der Waals surface area contributed by atoms with Crippen LogP contribution >= 0.6 is 11.3 Å². The third-order valence-electron chi connectivity index (χ3n) is 4.97. The van der Waals surface area contributed by atoms with E-state index in [4.69, 9.17) is 0 Å². The van der Waals surface area contributed by atoms with Crippen LogP contribution in [0, 0.1) is 0 Å². The molecule has 1 fully saturated rings. The van der Waals surface area contributed by atoms with E-state index < -0.39 is 0 Å². The van der Waals surface area contributed by atoms with Crippen molar-refractivity contribution in [3.8, 4) is 0 Å². The van der Waals surface area contributed by atoms with Gasteiger partial charge in [-0.15, -0.1) is 11.3 Å². The Morgan fingerprint density at radius 1 is 1.21 bits per heavy atom. The SMILES string of the molecule is CCC(=O)N(c1ccccc1)C1CCN(C(C)c2cccs2)CC1. The molecule has 0 spiro atoms. The lowest BCUT2D eigenvalue weighted by molar-refractivity contribution is -0.119. The van der Waals surface area contributed by atoms with Crippen LogP contribution in [-0.4, -0.2) is 29.9 Å². The van der Waals surface area contributed by atoms with Gasteiger partial charge in [-0.1, -0.05) is 31.2 Å². The molecule has 1 amide bonds. The maximum atomic E-state index is 12.5. The average Bonchev–Trinajstić information content (AvgIpc) is 3.17. The Hall–Kier alpha value is -1.65. The Labute approximate surface area is 148 Å². The highest BCUT2D eigenvalue weighted by atomic mass is 32.1. The molecule has 0 aliphatic carbocycles.